The van der Waals surface area contributed by atoms with E-state index in [0.29, 0.717) is 0 Å². The molecule has 220 valence electrons. The first kappa shape index (κ1) is 25.5. The molecular formula is C41H31N5. The van der Waals surface area contributed by atoms with Crippen LogP contribution in [0, 0.1) is 0 Å². The standard InChI is InChI=1S/C41H31N5/c1-41(2)32-25-27(21-23-38(32)46-39-19-11-7-15-33(39)42-40(46)43(41)3)45-36-18-10-6-14-30(36)31-24-26(20-22-37(31)45)44-34-16-8-4-12-28(34)29-13-5-9-17-35(29)44/h4-25H,1-3H3. The quantitative estimate of drug-likeness (QED) is 0.200. The molecule has 0 amide bonds. The molecule has 1 aliphatic rings. The Kier molecular flexibility index (Phi) is 4.93. The van der Waals surface area contributed by atoms with E-state index in [0.717, 1.165) is 22.7 Å². The summed E-state index contributed by atoms with van der Waals surface area (Å²) < 4.78 is 7.14. The van der Waals surface area contributed by atoms with Crippen LogP contribution in [0.3, 0.4) is 0 Å². The van der Waals surface area contributed by atoms with E-state index < -0.39 is 0 Å². The van der Waals surface area contributed by atoms with Crippen LogP contribution in [0.1, 0.15) is 19.4 Å². The Balaban J connectivity index is 1.22. The van der Waals surface area contributed by atoms with E-state index in [1.165, 1.54) is 60.5 Å². The lowest BCUT2D eigenvalue weighted by atomic mass is 9.89. The Labute approximate surface area is 266 Å². The summed E-state index contributed by atoms with van der Waals surface area (Å²) in [6.45, 7) is 4.59. The van der Waals surface area contributed by atoms with Crippen molar-refractivity contribution in [3.05, 3.63) is 139 Å². The first-order valence-electron chi connectivity index (χ1n) is 15.9. The zero-order valence-electron chi connectivity index (χ0n) is 25.9. The molecule has 6 aromatic carbocycles. The van der Waals surface area contributed by atoms with Crippen molar-refractivity contribution in [2.75, 3.05) is 11.9 Å². The topological polar surface area (TPSA) is 30.9 Å². The lowest BCUT2D eigenvalue weighted by Crippen LogP contribution is -2.44. The number of para-hydroxylation sites is 5. The van der Waals surface area contributed by atoms with Crippen molar-refractivity contribution in [1.82, 2.24) is 18.7 Å². The van der Waals surface area contributed by atoms with Gasteiger partial charge in [-0.3, -0.25) is 4.57 Å². The molecule has 0 spiro atoms. The number of aromatic nitrogens is 4. The summed E-state index contributed by atoms with van der Waals surface area (Å²) >= 11 is 0. The van der Waals surface area contributed by atoms with Gasteiger partial charge in [-0.1, -0.05) is 66.7 Å². The van der Waals surface area contributed by atoms with Crippen LogP contribution in [0.4, 0.5) is 5.95 Å². The van der Waals surface area contributed by atoms with Crippen molar-refractivity contribution < 1.29 is 0 Å². The number of hydrogen-bond acceptors (Lipinski definition) is 2. The lowest BCUT2D eigenvalue weighted by Gasteiger charge is -2.42. The van der Waals surface area contributed by atoms with Gasteiger partial charge in [0.1, 0.15) is 0 Å². The molecule has 10 rings (SSSR count). The number of rotatable bonds is 2. The van der Waals surface area contributed by atoms with E-state index >= 15 is 0 Å². The lowest BCUT2D eigenvalue weighted by molar-refractivity contribution is 0.486. The van der Waals surface area contributed by atoms with Crippen LogP contribution in [0.2, 0.25) is 0 Å². The molecule has 1 aliphatic heterocycles. The van der Waals surface area contributed by atoms with Crippen molar-refractivity contribution in [1.29, 1.82) is 0 Å². The van der Waals surface area contributed by atoms with Gasteiger partial charge in [0, 0.05) is 45.5 Å². The van der Waals surface area contributed by atoms with E-state index in [4.69, 9.17) is 4.98 Å². The molecule has 0 atom stereocenters. The number of imidazole rings is 1. The molecule has 0 radical (unpaired) electrons. The summed E-state index contributed by atoms with van der Waals surface area (Å²) in [6, 6.07) is 48.5. The third-order valence-corrected chi connectivity index (χ3v) is 10.3. The smallest absolute Gasteiger partial charge is 0.211 e. The first-order chi connectivity index (χ1) is 22.5. The zero-order valence-corrected chi connectivity index (χ0v) is 25.9. The highest BCUT2D eigenvalue weighted by Gasteiger charge is 2.37. The fraction of sp³-hybridized carbons (Fsp3) is 0.0976. The maximum Gasteiger partial charge on any atom is 0.211 e. The average molecular weight is 594 g/mol. The molecule has 0 saturated carbocycles. The zero-order chi connectivity index (χ0) is 30.7. The van der Waals surface area contributed by atoms with Gasteiger partial charge in [-0.25, -0.2) is 4.98 Å². The summed E-state index contributed by atoms with van der Waals surface area (Å²) in [7, 11) is 2.16. The highest BCUT2D eigenvalue weighted by Crippen LogP contribution is 2.44. The maximum absolute atomic E-state index is 5.03. The summed E-state index contributed by atoms with van der Waals surface area (Å²) in [5.41, 5.74) is 11.5. The number of fused-ring (bicyclic) bond motifs is 11. The highest BCUT2D eigenvalue weighted by molar-refractivity contribution is 6.12. The van der Waals surface area contributed by atoms with Crippen LogP contribution >= 0.6 is 0 Å². The second-order valence-corrected chi connectivity index (χ2v) is 13.0. The molecule has 5 heteroatoms. The fourth-order valence-corrected chi connectivity index (χ4v) is 7.83. The SMILES string of the molecule is CN1c2nc3ccccc3n2-c2ccc(-n3c4ccccc4c4cc(-n5c6ccccc6c6ccccc65)ccc43)cc2C1(C)C. The largest absolute Gasteiger partial charge is 0.336 e. The van der Waals surface area contributed by atoms with Gasteiger partial charge >= 0.3 is 0 Å². The van der Waals surface area contributed by atoms with Crippen molar-refractivity contribution in [2.24, 2.45) is 0 Å². The molecule has 0 fully saturated rings. The van der Waals surface area contributed by atoms with Crippen LogP contribution in [0.5, 0.6) is 0 Å². The molecular weight excluding hydrogens is 562 g/mol. The van der Waals surface area contributed by atoms with E-state index in [1.54, 1.807) is 0 Å². The second-order valence-electron chi connectivity index (χ2n) is 13.0. The predicted octanol–water partition coefficient (Wildman–Crippen LogP) is 9.90. The second kappa shape index (κ2) is 8.89. The van der Waals surface area contributed by atoms with E-state index in [2.05, 4.69) is 173 Å². The van der Waals surface area contributed by atoms with Crippen LogP contribution < -0.4 is 4.90 Å². The minimum absolute atomic E-state index is 0.259. The minimum atomic E-state index is -0.259. The van der Waals surface area contributed by atoms with Crippen molar-refractivity contribution in [2.45, 2.75) is 19.4 Å². The average Bonchev–Trinajstić information content (AvgIpc) is 3.75. The molecule has 0 N–H and O–H groups in total. The van der Waals surface area contributed by atoms with Crippen LogP contribution in [-0.2, 0) is 5.54 Å². The Hall–Kier alpha value is -5.81. The van der Waals surface area contributed by atoms with Gasteiger partial charge in [-0.15, -0.1) is 0 Å². The van der Waals surface area contributed by atoms with Crippen molar-refractivity contribution in [3.8, 4) is 17.1 Å². The van der Waals surface area contributed by atoms with E-state index in [1.807, 2.05) is 0 Å². The fourth-order valence-electron chi connectivity index (χ4n) is 7.83. The van der Waals surface area contributed by atoms with Gasteiger partial charge in [0.05, 0.1) is 44.3 Å². The predicted molar refractivity (Wildman–Crippen MR) is 191 cm³/mol. The van der Waals surface area contributed by atoms with E-state index in [-0.39, 0.29) is 5.54 Å². The first-order valence-corrected chi connectivity index (χ1v) is 15.9. The number of hydrogen-bond donors (Lipinski definition) is 0. The maximum atomic E-state index is 5.03. The van der Waals surface area contributed by atoms with Gasteiger partial charge in [0.25, 0.3) is 0 Å². The van der Waals surface area contributed by atoms with E-state index in [9.17, 15) is 0 Å². The Morgan fingerprint density at radius 3 is 1.63 bits per heavy atom. The summed E-state index contributed by atoms with van der Waals surface area (Å²) in [5.74, 6) is 0.973. The molecule has 0 saturated heterocycles. The molecule has 0 unspecified atom stereocenters. The molecule has 0 bridgehead atoms. The molecule has 46 heavy (non-hydrogen) atoms. The van der Waals surface area contributed by atoms with Crippen LogP contribution in [0.15, 0.2) is 133 Å². The molecule has 5 nitrogen and oxygen atoms in total. The van der Waals surface area contributed by atoms with Crippen molar-refractivity contribution >= 4 is 60.6 Å². The van der Waals surface area contributed by atoms with Gasteiger partial charge in [0.2, 0.25) is 5.95 Å². The molecule has 3 aromatic heterocycles. The van der Waals surface area contributed by atoms with Gasteiger partial charge < -0.3 is 14.0 Å². The Bertz CT molecular complexity index is 2650. The monoisotopic (exact) mass is 593 g/mol. The molecule has 9 aromatic rings. The third kappa shape index (κ3) is 3.21. The minimum Gasteiger partial charge on any atom is -0.336 e. The number of anilines is 1. The Morgan fingerprint density at radius 1 is 0.478 bits per heavy atom. The Morgan fingerprint density at radius 2 is 0.978 bits per heavy atom. The van der Waals surface area contributed by atoms with Gasteiger partial charge in [-0.05, 0) is 80.6 Å². The summed E-state index contributed by atoms with van der Waals surface area (Å²) in [6.07, 6.45) is 0. The number of benzene rings is 6. The third-order valence-electron chi connectivity index (χ3n) is 10.3. The van der Waals surface area contributed by atoms with Crippen LogP contribution in [-0.4, -0.2) is 25.7 Å². The summed E-state index contributed by atoms with van der Waals surface area (Å²) in [5, 5.41) is 5.04. The normalized spacial score (nSPS) is 14.1. The van der Waals surface area contributed by atoms with Gasteiger partial charge in [-0.2, -0.15) is 0 Å². The van der Waals surface area contributed by atoms with Crippen molar-refractivity contribution in [3.63, 3.8) is 0 Å². The van der Waals surface area contributed by atoms with Crippen LogP contribution in [0.25, 0.3) is 71.7 Å². The number of nitrogens with zero attached hydrogens (tertiary/aromatic N) is 5. The highest BCUT2D eigenvalue weighted by atomic mass is 15.4. The molecule has 0 aliphatic carbocycles. The van der Waals surface area contributed by atoms with Gasteiger partial charge in [0.15, 0.2) is 0 Å². The summed E-state index contributed by atoms with van der Waals surface area (Å²) in [4.78, 5) is 7.34. The molecule has 4 heterocycles.